The van der Waals surface area contributed by atoms with Gasteiger partial charge in [-0.05, 0) is 49.7 Å². The first-order valence-electron chi connectivity index (χ1n) is 10.6. The molecule has 3 nitrogen and oxygen atoms in total. The predicted molar refractivity (Wildman–Crippen MR) is 114 cm³/mol. The van der Waals surface area contributed by atoms with E-state index in [9.17, 15) is 0 Å². The van der Waals surface area contributed by atoms with Crippen LogP contribution in [-0.2, 0) is 4.74 Å². The highest BCUT2D eigenvalue weighted by atomic mass is 16.5. The first-order valence-corrected chi connectivity index (χ1v) is 10.6. The van der Waals surface area contributed by atoms with Crippen LogP contribution in [0, 0.1) is 17.8 Å². The maximum Gasteiger partial charge on any atom is 0.0953 e. The number of benzene rings is 1. The van der Waals surface area contributed by atoms with Crippen LogP contribution in [-0.4, -0.2) is 37.2 Å². The molecule has 1 N–H and O–H groups in total. The van der Waals surface area contributed by atoms with Gasteiger partial charge in [0.05, 0.1) is 12.4 Å². The second kappa shape index (κ2) is 9.45. The Morgan fingerprint density at radius 3 is 2.56 bits per heavy atom. The van der Waals surface area contributed by atoms with Gasteiger partial charge in [-0.1, -0.05) is 50.8 Å². The summed E-state index contributed by atoms with van der Waals surface area (Å²) in [6.07, 6.45) is 5.75. The molecule has 0 aromatic heterocycles. The fourth-order valence-electron chi connectivity index (χ4n) is 4.75. The lowest BCUT2D eigenvalue weighted by atomic mass is 9.78. The fraction of sp³-hybridized carbons (Fsp3) is 0.583. The number of hydrogen-bond acceptors (Lipinski definition) is 3. The summed E-state index contributed by atoms with van der Waals surface area (Å²) in [4.78, 5) is 2.67. The third-order valence-corrected chi connectivity index (χ3v) is 6.18. The second-order valence-corrected chi connectivity index (χ2v) is 8.42. The van der Waals surface area contributed by atoms with Crippen molar-refractivity contribution in [1.29, 1.82) is 0 Å². The SMILES string of the molecule is C=C(NC1CCN(CC2CCO/C(=C/C)C2C(C)C)CC1)c1ccccc1. The van der Waals surface area contributed by atoms with Crippen molar-refractivity contribution in [3.63, 3.8) is 0 Å². The Kier molecular flexibility index (Phi) is 7.01. The summed E-state index contributed by atoms with van der Waals surface area (Å²) in [5.74, 6) is 3.14. The fourth-order valence-corrected chi connectivity index (χ4v) is 4.75. The molecular formula is C24H36N2O. The number of ether oxygens (including phenoxy) is 1. The van der Waals surface area contributed by atoms with Crippen molar-refractivity contribution in [2.24, 2.45) is 17.8 Å². The van der Waals surface area contributed by atoms with Crippen molar-refractivity contribution >= 4 is 5.70 Å². The molecule has 3 rings (SSSR count). The van der Waals surface area contributed by atoms with Gasteiger partial charge in [-0.3, -0.25) is 0 Å². The molecule has 2 fully saturated rings. The molecule has 0 bridgehead atoms. The number of hydrogen-bond donors (Lipinski definition) is 1. The van der Waals surface area contributed by atoms with Gasteiger partial charge in [-0.2, -0.15) is 0 Å². The van der Waals surface area contributed by atoms with Gasteiger partial charge < -0.3 is 15.0 Å². The minimum absolute atomic E-state index is 0.538. The van der Waals surface area contributed by atoms with Crippen LogP contribution < -0.4 is 5.32 Å². The average Bonchev–Trinajstić information content (AvgIpc) is 2.69. The van der Waals surface area contributed by atoms with Crippen molar-refractivity contribution in [2.45, 2.75) is 46.1 Å². The zero-order valence-corrected chi connectivity index (χ0v) is 17.3. The highest BCUT2D eigenvalue weighted by Gasteiger charge is 2.34. The van der Waals surface area contributed by atoms with E-state index in [1.807, 2.05) is 0 Å². The lowest BCUT2D eigenvalue weighted by Gasteiger charge is -2.41. The molecule has 3 heteroatoms. The first kappa shape index (κ1) is 20.0. The molecular weight excluding hydrogens is 332 g/mol. The molecule has 2 saturated heterocycles. The van der Waals surface area contributed by atoms with Crippen molar-refractivity contribution in [2.75, 3.05) is 26.2 Å². The van der Waals surface area contributed by atoms with Crippen LogP contribution in [0.5, 0.6) is 0 Å². The van der Waals surface area contributed by atoms with E-state index >= 15 is 0 Å². The van der Waals surface area contributed by atoms with Gasteiger partial charge in [-0.25, -0.2) is 0 Å². The standard InChI is InChI=1S/C24H36N2O/c1-5-23-24(18(2)3)21(13-16-27-23)17-26-14-11-22(12-15-26)25-19(4)20-9-7-6-8-10-20/h5-10,18,21-22,24-25H,4,11-17H2,1-3H3/b23-5+. The molecule has 1 aromatic carbocycles. The number of nitrogens with one attached hydrogen (secondary N) is 1. The topological polar surface area (TPSA) is 24.5 Å². The van der Waals surface area contributed by atoms with Crippen LogP contribution in [0.1, 0.15) is 45.6 Å². The Labute approximate surface area is 165 Å². The second-order valence-electron chi connectivity index (χ2n) is 8.42. The largest absolute Gasteiger partial charge is 0.498 e. The Balaban J connectivity index is 1.49. The molecule has 2 aliphatic rings. The molecule has 1 aromatic rings. The van der Waals surface area contributed by atoms with Gasteiger partial charge in [0.1, 0.15) is 0 Å². The quantitative estimate of drug-likeness (QED) is 0.771. The summed E-state index contributed by atoms with van der Waals surface area (Å²) >= 11 is 0. The van der Waals surface area contributed by atoms with Crippen LogP contribution in [0.15, 0.2) is 48.7 Å². The van der Waals surface area contributed by atoms with E-state index in [4.69, 9.17) is 4.74 Å². The minimum Gasteiger partial charge on any atom is -0.498 e. The smallest absolute Gasteiger partial charge is 0.0953 e. The zero-order valence-electron chi connectivity index (χ0n) is 17.3. The highest BCUT2D eigenvalue weighted by Crippen LogP contribution is 2.36. The van der Waals surface area contributed by atoms with E-state index in [1.54, 1.807) is 0 Å². The van der Waals surface area contributed by atoms with Crippen LogP contribution in [0.2, 0.25) is 0 Å². The molecule has 2 heterocycles. The normalized spacial score (nSPS) is 26.1. The molecule has 2 atom stereocenters. The van der Waals surface area contributed by atoms with E-state index in [0.29, 0.717) is 23.8 Å². The van der Waals surface area contributed by atoms with Crippen LogP contribution >= 0.6 is 0 Å². The average molecular weight is 369 g/mol. The molecule has 2 aliphatic heterocycles. The number of likely N-dealkylation sites (tertiary alicyclic amines) is 1. The molecule has 0 amide bonds. The van der Waals surface area contributed by atoms with Crippen molar-refractivity contribution in [3.8, 4) is 0 Å². The monoisotopic (exact) mass is 368 g/mol. The number of rotatable bonds is 6. The van der Waals surface area contributed by atoms with Gasteiger partial charge in [0.25, 0.3) is 0 Å². The minimum atomic E-state index is 0.538. The summed E-state index contributed by atoms with van der Waals surface area (Å²) in [5, 5.41) is 3.65. The maximum atomic E-state index is 5.95. The Morgan fingerprint density at radius 2 is 1.93 bits per heavy atom. The number of allylic oxidation sites excluding steroid dienone is 2. The van der Waals surface area contributed by atoms with E-state index in [-0.39, 0.29) is 0 Å². The van der Waals surface area contributed by atoms with Crippen molar-refractivity contribution < 1.29 is 4.74 Å². The van der Waals surface area contributed by atoms with Crippen molar-refractivity contribution in [1.82, 2.24) is 10.2 Å². The summed E-state index contributed by atoms with van der Waals surface area (Å²) in [7, 11) is 0. The highest BCUT2D eigenvalue weighted by molar-refractivity contribution is 5.61. The number of piperidine rings is 1. The molecule has 2 unspecified atom stereocenters. The van der Waals surface area contributed by atoms with E-state index in [2.05, 4.69) is 74.0 Å². The zero-order chi connectivity index (χ0) is 19.2. The lowest BCUT2D eigenvalue weighted by Crippen LogP contribution is -2.45. The van der Waals surface area contributed by atoms with Crippen molar-refractivity contribution in [3.05, 3.63) is 54.3 Å². The van der Waals surface area contributed by atoms with Crippen LogP contribution in [0.3, 0.4) is 0 Å². The summed E-state index contributed by atoms with van der Waals surface area (Å²) in [6.45, 7) is 15.4. The molecule has 148 valence electrons. The molecule has 0 aliphatic carbocycles. The summed E-state index contributed by atoms with van der Waals surface area (Å²) in [6, 6.07) is 11.0. The first-order chi connectivity index (χ1) is 13.1. The predicted octanol–water partition coefficient (Wildman–Crippen LogP) is 4.92. The Bertz CT molecular complexity index is 629. The Hall–Kier alpha value is -1.74. The van der Waals surface area contributed by atoms with Gasteiger partial charge >= 0.3 is 0 Å². The number of nitrogens with zero attached hydrogens (tertiary/aromatic N) is 1. The van der Waals surface area contributed by atoms with Crippen LogP contribution in [0.25, 0.3) is 5.70 Å². The maximum absolute atomic E-state index is 5.95. The Morgan fingerprint density at radius 1 is 1.22 bits per heavy atom. The molecule has 0 radical (unpaired) electrons. The lowest BCUT2D eigenvalue weighted by molar-refractivity contribution is 0.0378. The van der Waals surface area contributed by atoms with E-state index in [1.165, 1.54) is 50.2 Å². The summed E-state index contributed by atoms with van der Waals surface area (Å²) in [5.41, 5.74) is 2.25. The van der Waals surface area contributed by atoms with Gasteiger partial charge in [0.2, 0.25) is 0 Å². The van der Waals surface area contributed by atoms with Gasteiger partial charge in [-0.15, -0.1) is 0 Å². The summed E-state index contributed by atoms with van der Waals surface area (Å²) < 4.78 is 5.95. The third-order valence-electron chi connectivity index (χ3n) is 6.18. The molecule has 0 saturated carbocycles. The molecule has 27 heavy (non-hydrogen) atoms. The van der Waals surface area contributed by atoms with Gasteiger partial charge in [0, 0.05) is 37.3 Å². The van der Waals surface area contributed by atoms with E-state index in [0.717, 1.165) is 12.3 Å². The van der Waals surface area contributed by atoms with Gasteiger partial charge in [0.15, 0.2) is 0 Å². The van der Waals surface area contributed by atoms with Crippen LogP contribution in [0.4, 0.5) is 0 Å². The third kappa shape index (κ3) is 5.16. The van der Waals surface area contributed by atoms with E-state index < -0.39 is 0 Å². The molecule has 0 spiro atoms.